The molecule has 6 heteroatoms. The Kier molecular flexibility index (Phi) is 5.14. The van der Waals surface area contributed by atoms with Crippen LogP contribution in [0.4, 0.5) is 4.79 Å². The highest BCUT2D eigenvalue weighted by Gasteiger charge is 2.55. The van der Waals surface area contributed by atoms with Gasteiger partial charge in [-0.05, 0) is 19.7 Å². The summed E-state index contributed by atoms with van der Waals surface area (Å²) in [4.78, 5) is 22.2. The molecule has 4 aliphatic rings. The summed E-state index contributed by atoms with van der Waals surface area (Å²) in [6.45, 7) is 8.18. The Morgan fingerprint density at radius 1 is 1.07 bits per heavy atom. The summed E-state index contributed by atoms with van der Waals surface area (Å²) in [6, 6.07) is 11.1. The van der Waals surface area contributed by atoms with Gasteiger partial charge in [0.25, 0.3) is 0 Å². The lowest BCUT2D eigenvalue weighted by Gasteiger charge is -2.56. The molecule has 6 nitrogen and oxygen atoms in total. The average molecular weight is 372 g/mol. The standard InChI is InChI=1S/C21H33N5O/c1-23(2)9-10-24(3)20(27)22-19-17-13-25-11-12-26(14-17)16-21(19,15-25)18-7-5-4-6-8-18/h4-8,17,19H,9-16H2,1-3H3,(H,22,27)/t17?,19-,21?/m0/s1. The molecule has 2 amide bonds. The highest BCUT2D eigenvalue weighted by molar-refractivity contribution is 5.74. The van der Waals surface area contributed by atoms with Crippen LogP contribution in [0.25, 0.3) is 0 Å². The first kappa shape index (κ1) is 18.7. The smallest absolute Gasteiger partial charge is 0.317 e. The number of nitrogens with one attached hydrogen (secondary N) is 1. The molecule has 27 heavy (non-hydrogen) atoms. The van der Waals surface area contributed by atoms with E-state index in [0.29, 0.717) is 5.92 Å². The van der Waals surface area contributed by atoms with Gasteiger partial charge in [-0.1, -0.05) is 30.3 Å². The molecule has 2 unspecified atom stereocenters. The van der Waals surface area contributed by atoms with Gasteiger partial charge in [-0.15, -0.1) is 0 Å². The molecule has 4 saturated heterocycles. The normalized spacial score (nSPS) is 34.5. The van der Waals surface area contributed by atoms with Crippen molar-refractivity contribution in [2.45, 2.75) is 11.5 Å². The number of hydrogen-bond donors (Lipinski definition) is 1. The van der Waals surface area contributed by atoms with E-state index in [4.69, 9.17) is 0 Å². The minimum Gasteiger partial charge on any atom is -0.334 e. The van der Waals surface area contributed by atoms with E-state index in [2.05, 4.69) is 50.3 Å². The number of benzene rings is 1. The summed E-state index contributed by atoms with van der Waals surface area (Å²) < 4.78 is 0. The molecule has 0 saturated carbocycles. The van der Waals surface area contributed by atoms with Crippen LogP contribution < -0.4 is 5.32 Å². The predicted octanol–water partition coefficient (Wildman–Crippen LogP) is 0.757. The lowest BCUT2D eigenvalue weighted by atomic mass is 9.64. The van der Waals surface area contributed by atoms with Crippen LogP contribution >= 0.6 is 0 Å². The number of carbonyl (C=O) groups excluding carboxylic acids is 1. The van der Waals surface area contributed by atoms with Crippen LogP contribution in [-0.4, -0.2) is 105 Å². The molecule has 1 aromatic rings. The summed E-state index contributed by atoms with van der Waals surface area (Å²) >= 11 is 0. The Labute approximate surface area is 163 Å². The van der Waals surface area contributed by atoms with Crippen LogP contribution in [0.3, 0.4) is 0 Å². The Hall–Kier alpha value is -1.63. The Balaban J connectivity index is 1.59. The first-order chi connectivity index (χ1) is 13.0. The monoisotopic (exact) mass is 371 g/mol. The minimum absolute atomic E-state index is 0.0169. The minimum atomic E-state index is -0.0169. The molecule has 0 spiro atoms. The molecule has 0 aliphatic carbocycles. The maximum atomic E-state index is 13.0. The number of hydrogen-bond acceptors (Lipinski definition) is 4. The van der Waals surface area contributed by atoms with Gasteiger partial charge in [-0.2, -0.15) is 0 Å². The van der Waals surface area contributed by atoms with E-state index in [-0.39, 0.29) is 17.5 Å². The molecule has 5 rings (SSSR count). The third-order valence-electron chi connectivity index (χ3n) is 6.65. The van der Waals surface area contributed by atoms with Crippen molar-refractivity contribution in [1.29, 1.82) is 0 Å². The third kappa shape index (κ3) is 3.58. The number of likely N-dealkylation sites (N-methyl/N-ethyl adjacent to an activating group) is 2. The van der Waals surface area contributed by atoms with E-state index >= 15 is 0 Å². The molecule has 1 aromatic carbocycles. The second-order valence-corrected chi connectivity index (χ2v) is 8.90. The molecule has 1 N–H and O–H groups in total. The molecule has 0 aromatic heterocycles. The number of piperidine rings is 2. The fourth-order valence-electron chi connectivity index (χ4n) is 5.26. The molecular formula is C21H33N5O. The maximum absolute atomic E-state index is 13.0. The van der Waals surface area contributed by atoms with E-state index < -0.39 is 0 Å². The maximum Gasteiger partial charge on any atom is 0.317 e. The second-order valence-electron chi connectivity index (χ2n) is 8.90. The van der Waals surface area contributed by atoms with Crippen molar-refractivity contribution in [2.24, 2.45) is 5.92 Å². The Morgan fingerprint density at radius 3 is 2.30 bits per heavy atom. The first-order valence-electron chi connectivity index (χ1n) is 10.1. The van der Waals surface area contributed by atoms with Crippen LogP contribution in [0, 0.1) is 5.92 Å². The molecule has 4 heterocycles. The van der Waals surface area contributed by atoms with Crippen molar-refractivity contribution in [3.8, 4) is 0 Å². The van der Waals surface area contributed by atoms with E-state index in [1.54, 1.807) is 0 Å². The first-order valence-corrected chi connectivity index (χ1v) is 10.1. The van der Waals surface area contributed by atoms with Gasteiger partial charge in [0.1, 0.15) is 0 Å². The zero-order valence-electron chi connectivity index (χ0n) is 16.9. The summed E-state index contributed by atoms with van der Waals surface area (Å²) in [5.74, 6) is 0.487. The van der Waals surface area contributed by atoms with E-state index in [9.17, 15) is 4.79 Å². The molecule has 4 aliphatic heterocycles. The molecular weight excluding hydrogens is 338 g/mol. The SMILES string of the molecule is CN(C)CCN(C)C(=O)N[C@H]1C2CN3CCN(C2)CC1(c1ccccc1)C3. The zero-order chi connectivity index (χ0) is 19.0. The molecule has 4 bridgehead atoms. The molecule has 4 fully saturated rings. The van der Waals surface area contributed by atoms with Crippen molar-refractivity contribution < 1.29 is 4.79 Å². The number of carbonyl (C=O) groups is 1. The van der Waals surface area contributed by atoms with Crippen LogP contribution in [-0.2, 0) is 5.41 Å². The van der Waals surface area contributed by atoms with Crippen molar-refractivity contribution in [1.82, 2.24) is 24.9 Å². The zero-order valence-corrected chi connectivity index (χ0v) is 16.9. The number of nitrogens with zero attached hydrogens (tertiary/aromatic N) is 4. The van der Waals surface area contributed by atoms with Crippen molar-refractivity contribution in [2.75, 3.05) is 73.5 Å². The van der Waals surface area contributed by atoms with Gasteiger partial charge in [-0.3, -0.25) is 0 Å². The van der Waals surface area contributed by atoms with Crippen LogP contribution in [0.15, 0.2) is 30.3 Å². The summed E-state index contributed by atoms with van der Waals surface area (Å²) in [5, 5.41) is 3.47. The van der Waals surface area contributed by atoms with Crippen LogP contribution in [0.5, 0.6) is 0 Å². The number of rotatable bonds is 5. The second kappa shape index (κ2) is 7.41. The van der Waals surface area contributed by atoms with Crippen molar-refractivity contribution in [3.63, 3.8) is 0 Å². The highest BCUT2D eigenvalue weighted by atomic mass is 16.2. The Morgan fingerprint density at radius 2 is 1.70 bits per heavy atom. The van der Waals surface area contributed by atoms with Gasteiger partial charge < -0.3 is 24.9 Å². The van der Waals surface area contributed by atoms with Crippen molar-refractivity contribution >= 4 is 6.03 Å². The Bertz CT molecular complexity index is 648. The topological polar surface area (TPSA) is 42.1 Å². The number of fused-ring (bicyclic) bond motifs is 1. The lowest BCUT2D eigenvalue weighted by Crippen LogP contribution is -2.71. The summed E-state index contributed by atoms with van der Waals surface area (Å²) in [5.41, 5.74) is 1.35. The van der Waals surface area contributed by atoms with Gasteiger partial charge in [0.05, 0.1) is 0 Å². The lowest BCUT2D eigenvalue weighted by molar-refractivity contribution is 0.0211. The summed E-state index contributed by atoms with van der Waals surface area (Å²) in [6.07, 6.45) is 0. The van der Waals surface area contributed by atoms with E-state index in [0.717, 1.165) is 52.4 Å². The molecule has 148 valence electrons. The van der Waals surface area contributed by atoms with Crippen LogP contribution in [0.2, 0.25) is 0 Å². The largest absolute Gasteiger partial charge is 0.334 e. The molecule has 3 atom stereocenters. The third-order valence-corrected chi connectivity index (χ3v) is 6.65. The van der Waals surface area contributed by atoms with Gasteiger partial charge in [0.2, 0.25) is 0 Å². The fourth-order valence-corrected chi connectivity index (χ4v) is 5.26. The van der Waals surface area contributed by atoms with E-state index in [1.807, 2.05) is 26.0 Å². The van der Waals surface area contributed by atoms with Gasteiger partial charge in [-0.25, -0.2) is 4.79 Å². The average Bonchev–Trinajstić information content (AvgIpc) is 2.91. The fraction of sp³-hybridized carbons (Fsp3) is 0.667. The van der Waals surface area contributed by atoms with Crippen molar-refractivity contribution in [3.05, 3.63) is 35.9 Å². The van der Waals surface area contributed by atoms with Gasteiger partial charge in [0, 0.05) is 76.8 Å². The van der Waals surface area contributed by atoms with E-state index in [1.165, 1.54) is 5.56 Å². The molecule has 0 radical (unpaired) electrons. The van der Waals surface area contributed by atoms with Gasteiger partial charge >= 0.3 is 6.03 Å². The van der Waals surface area contributed by atoms with Crippen LogP contribution in [0.1, 0.15) is 5.56 Å². The van der Waals surface area contributed by atoms with Gasteiger partial charge in [0.15, 0.2) is 0 Å². The number of amides is 2. The predicted molar refractivity (Wildman–Crippen MR) is 108 cm³/mol. The summed E-state index contributed by atoms with van der Waals surface area (Å²) in [7, 11) is 5.99. The quantitative estimate of drug-likeness (QED) is 0.830. The highest BCUT2D eigenvalue weighted by Crippen LogP contribution is 2.43. The number of urea groups is 1.